The zero-order valence-corrected chi connectivity index (χ0v) is 8.87. The Hall–Kier alpha value is -0.640. The summed E-state index contributed by atoms with van der Waals surface area (Å²) in [7, 11) is 0. The Morgan fingerprint density at radius 3 is 2.83 bits per heavy atom. The van der Waals surface area contributed by atoms with Crippen molar-refractivity contribution in [2.45, 2.75) is 6.92 Å². The topological polar surface area (TPSA) is 12.9 Å². The fraction of sp³-hybridized carbons (Fsp3) is 0.100. The lowest BCUT2D eigenvalue weighted by Crippen LogP contribution is -1.86. The highest BCUT2D eigenvalue weighted by atomic mass is 127. The maximum absolute atomic E-state index is 4.39. The second-order valence-electron chi connectivity index (χ2n) is 2.78. The second kappa shape index (κ2) is 3.01. The average molecular weight is 269 g/mol. The molecule has 0 atom stereocenters. The lowest BCUT2D eigenvalue weighted by atomic mass is 10.1. The van der Waals surface area contributed by atoms with E-state index in [4.69, 9.17) is 0 Å². The van der Waals surface area contributed by atoms with Crippen LogP contribution < -0.4 is 0 Å². The van der Waals surface area contributed by atoms with Crippen molar-refractivity contribution >= 4 is 33.4 Å². The van der Waals surface area contributed by atoms with Crippen LogP contribution in [0.3, 0.4) is 0 Å². The molecular formula is C10H8IN. The molecule has 0 unspecified atom stereocenters. The maximum Gasteiger partial charge on any atom is 0.109 e. The van der Waals surface area contributed by atoms with Crippen molar-refractivity contribution in [2.75, 3.05) is 0 Å². The molecule has 0 amide bonds. The Morgan fingerprint density at radius 1 is 1.25 bits per heavy atom. The predicted octanol–water partition coefficient (Wildman–Crippen LogP) is 3.15. The number of hydrogen-bond donors (Lipinski definition) is 0. The van der Waals surface area contributed by atoms with E-state index in [2.05, 4.69) is 51.8 Å². The van der Waals surface area contributed by atoms with Crippen LogP contribution in [-0.2, 0) is 0 Å². The van der Waals surface area contributed by atoms with Gasteiger partial charge in [-0.25, -0.2) is 4.98 Å². The predicted molar refractivity (Wildman–Crippen MR) is 59.2 cm³/mol. The number of benzene rings is 1. The van der Waals surface area contributed by atoms with E-state index < -0.39 is 0 Å². The smallest absolute Gasteiger partial charge is 0.109 e. The third-order valence-corrected chi connectivity index (χ3v) is 2.64. The van der Waals surface area contributed by atoms with Gasteiger partial charge in [0, 0.05) is 11.1 Å². The molecule has 12 heavy (non-hydrogen) atoms. The van der Waals surface area contributed by atoms with Crippen LogP contribution in [-0.4, -0.2) is 4.98 Å². The molecule has 0 N–H and O–H groups in total. The van der Waals surface area contributed by atoms with Crippen molar-refractivity contribution in [3.8, 4) is 0 Å². The van der Waals surface area contributed by atoms with Gasteiger partial charge in [-0.15, -0.1) is 0 Å². The fourth-order valence-electron chi connectivity index (χ4n) is 1.28. The third-order valence-electron chi connectivity index (χ3n) is 1.82. The van der Waals surface area contributed by atoms with Crippen molar-refractivity contribution in [2.24, 2.45) is 0 Å². The Kier molecular flexibility index (Phi) is 2.00. The Morgan fingerprint density at radius 2 is 2.00 bits per heavy atom. The molecule has 0 saturated heterocycles. The number of hydrogen-bond acceptors (Lipinski definition) is 1. The van der Waals surface area contributed by atoms with E-state index in [9.17, 15) is 0 Å². The van der Waals surface area contributed by atoms with E-state index in [0.29, 0.717) is 0 Å². The highest BCUT2D eigenvalue weighted by molar-refractivity contribution is 14.1. The van der Waals surface area contributed by atoms with Crippen molar-refractivity contribution in [3.63, 3.8) is 0 Å². The van der Waals surface area contributed by atoms with E-state index in [-0.39, 0.29) is 0 Å². The average Bonchev–Trinajstić information content (AvgIpc) is 2.04. The van der Waals surface area contributed by atoms with Gasteiger partial charge in [0.15, 0.2) is 0 Å². The molecule has 1 aromatic carbocycles. The standard InChI is InChI=1S/C10H8IN/c1-7-6-8-4-2-3-5-9(8)10(11)12-7/h2-6H,1H3. The van der Waals surface area contributed by atoms with Crippen LogP contribution in [0.5, 0.6) is 0 Å². The summed E-state index contributed by atoms with van der Waals surface area (Å²) >= 11 is 2.27. The summed E-state index contributed by atoms with van der Waals surface area (Å²) in [6, 6.07) is 10.4. The van der Waals surface area contributed by atoms with Gasteiger partial charge >= 0.3 is 0 Å². The van der Waals surface area contributed by atoms with Crippen molar-refractivity contribution < 1.29 is 0 Å². The van der Waals surface area contributed by atoms with Gasteiger partial charge in [-0.2, -0.15) is 0 Å². The van der Waals surface area contributed by atoms with Gasteiger partial charge in [-0.3, -0.25) is 0 Å². The van der Waals surface area contributed by atoms with Gasteiger partial charge in [0.1, 0.15) is 3.70 Å². The Labute approximate surface area is 85.0 Å². The van der Waals surface area contributed by atoms with Gasteiger partial charge in [0.2, 0.25) is 0 Å². The number of fused-ring (bicyclic) bond motifs is 1. The monoisotopic (exact) mass is 269 g/mol. The molecule has 1 heterocycles. The molecule has 0 radical (unpaired) electrons. The minimum Gasteiger partial charge on any atom is -0.247 e. The molecule has 1 aromatic heterocycles. The number of rotatable bonds is 0. The molecule has 0 fully saturated rings. The van der Waals surface area contributed by atoms with Gasteiger partial charge in [-0.05, 0) is 41.0 Å². The number of halogens is 1. The first kappa shape index (κ1) is 7.98. The second-order valence-corrected chi connectivity index (χ2v) is 3.80. The largest absolute Gasteiger partial charge is 0.247 e. The molecule has 0 saturated carbocycles. The lowest BCUT2D eigenvalue weighted by molar-refractivity contribution is 1.19. The molecule has 0 spiro atoms. The van der Waals surface area contributed by atoms with Crippen LogP contribution >= 0.6 is 22.6 Å². The molecule has 2 heteroatoms. The first-order valence-electron chi connectivity index (χ1n) is 3.79. The SMILES string of the molecule is Cc1cc2ccccc2c(I)n1. The van der Waals surface area contributed by atoms with Crippen LogP contribution in [0, 0.1) is 10.6 Å². The summed E-state index contributed by atoms with van der Waals surface area (Å²) in [5.41, 5.74) is 1.08. The molecule has 0 aliphatic rings. The van der Waals surface area contributed by atoms with Crippen LogP contribution in [0.15, 0.2) is 30.3 Å². The summed E-state index contributed by atoms with van der Waals surface area (Å²) in [4.78, 5) is 4.39. The summed E-state index contributed by atoms with van der Waals surface area (Å²) in [5.74, 6) is 0. The van der Waals surface area contributed by atoms with Crippen LogP contribution in [0.25, 0.3) is 10.8 Å². The highest BCUT2D eigenvalue weighted by Gasteiger charge is 1.98. The van der Waals surface area contributed by atoms with Crippen molar-refractivity contribution in [1.29, 1.82) is 0 Å². The molecule has 60 valence electrons. The molecule has 0 aliphatic carbocycles. The van der Waals surface area contributed by atoms with E-state index in [0.717, 1.165) is 9.39 Å². The zero-order valence-electron chi connectivity index (χ0n) is 6.71. The normalized spacial score (nSPS) is 10.5. The minimum absolute atomic E-state index is 1.08. The lowest BCUT2D eigenvalue weighted by Gasteiger charge is -2.00. The molecule has 0 aliphatic heterocycles. The minimum atomic E-state index is 1.08. The summed E-state index contributed by atoms with van der Waals surface area (Å²) < 4.78 is 1.09. The van der Waals surface area contributed by atoms with E-state index >= 15 is 0 Å². The Bertz CT molecular complexity index is 423. The van der Waals surface area contributed by atoms with Crippen LogP contribution in [0.2, 0.25) is 0 Å². The van der Waals surface area contributed by atoms with Crippen molar-refractivity contribution in [1.82, 2.24) is 4.98 Å². The van der Waals surface area contributed by atoms with Gasteiger partial charge in [0.25, 0.3) is 0 Å². The summed E-state index contributed by atoms with van der Waals surface area (Å²) in [6.07, 6.45) is 0. The first-order valence-corrected chi connectivity index (χ1v) is 4.87. The molecule has 2 rings (SSSR count). The van der Waals surface area contributed by atoms with Gasteiger partial charge in [-0.1, -0.05) is 24.3 Å². The molecule has 2 aromatic rings. The fourth-order valence-corrected chi connectivity index (χ4v) is 2.15. The van der Waals surface area contributed by atoms with E-state index in [1.165, 1.54) is 10.8 Å². The zero-order chi connectivity index (χ0) is 8.55. The first-order chi connectivity index (χ1) is 5.77. The van der Waals surface area contributed by atoms with E-state index in [1.807, 2.05) is 13.0 Å². The van der Waals surface area contributed by atoms with Crippen LogP contribution in [0.4, 0.5) is 0 Å². The maximum atomic E-state index is 4.39. The number of aryl methyl sites for hydroxylation is 1. The summed E-state index contributed by atoms with van der Waals surface area (Å²) in [6.45, 7) is 2.02. The Balaban J connectivity index is 2.89. The highest BCUT2D eigenvalue weighted by Crippen LogP contribution is 2.19. The molecular weight excluding hydrogens is 261 g/mol. The van der Waals surface area contributed by atoms with Crippen molar-refractivity contribution in [3.05, 3.63) is 39.7 Å². The molecule has 0 bridgehead atoms. The van der Waals surface area contributed by atoms with Crippen LogP contribution in [0.1, 0.15) is 5.69 Å². The number of pyridine rings is 1. The molecule has 1 nitrogen and oxygen atoms in total. The number of aromatic nitrogens is 1. The summed E-state index contributed by atoms with van der Waals surface area (Å²) in [5, 5.41) is 2.51. The van der Waals surface area contributed by atoms with E-state index in [1.54, 1.807) is 0 Å². The van der Waals surface area contributed by atoms with Gasteiger partial charge in [0.05, 0.1) is 0 Å². The van der Waals surface area contributed by atoms with Gasteiger partial charge < -0.3 is 0 Å². The third kappa shape index (κ3) is 1.31. The quantitative estimate of drug-likeness (QED) is 0.529. The number of nitrogens with zero attached hydrogens (tertiary/aromatic N) is 1.